The van der Waals surface area contributed by atoms with E-state index in [-0.39, 0.29) is 12.3 Å². The number of esters is 1. The van der Waals surface area contributed by atoms with Crippen LogP contribution < -0.4 is 0 Å². The van der Waals surface area contributed by atoms with Crippen molar-refractivity contribution >= 4 is 34.2 Å². The van der Waals surface area contributed by atoms with Crippen LogP contribution in [0, 0.1) is 17.0 Å². The molecule has 0 saturated heterocycles. The molecule has 0 aliphatic carbocycles. The molecule has 0 aliphatic heterocycles. The lowest BCUT2D eigenvalue weighted by atomic mass is 10.1. The number of carbonyl (C=O) groups excluding carboxylic acids is 1. The number of nitro benzene ring substituents is 1. The predicted molar refractivity (Wildman–Crippen MR) is 93.7 cm³/mol. The van der Waals surface area contributed by atoms with E-state index >= 15 is 0 Å². The maximum atomic E-state index is 12.3. The zero-order valence-corrected chi connectivity index (χ0v) is 14.0. The van der Waals surface area contributed by atoms with Gasteiger partial charge < -0.3 is 4.74 Å². The Hall–Kier alpha value is -2.99. The minimum Gasteiger partial charge on any atom is -0.457 e. The molecule has 0 saturated carbocycles. The van der Waals surface area contributed by atoms with Crippen LogP contribution in [0.3, 0.4) is 0 Å². The van der Waals surface area contributed by atoms with Gasteiger partial charge in [-0.15, -0.1) is 0 Å². The molecule has 0 bridgehead atoms. The Morgan fingerprint density at radius 2 is 1.92 bits per heavy atom. The van der Waals surface area contributed by atoms with Crippen LogP contribution >= 0.6 is 11.6 Å². The quantitative estimate of drug-likeness (QED) is 0.391. The fourth-order valence-electron chi connectivity index (χ4n) is 2.39. The van der Waals surface area contributed by atoms with Crippen molar-refractivity contribution in [2.45, 2.75) is 13.5 Å². The highest BCUT2D eigenvalue weighted by Crippen LogP contribution is 2.21. The van der Waals surface area contributed by atoms with Gasteiger partial charge in [0.1, 0.15) is 6.61 Å². The van der Waals surface area contributed by atoms with Gasteiger partial charge in [0.15, 0.2) is 0 Å². The third kappa shape index (κ3) is 3.75. The number of fused-ring (bicyclic) bond motifs is 1. The van der Waals surface area contributed by atoms with E-state index in [1.54, 1.807) is 43.3 Å². The van der Waals surface area contributed by atoms with E-state index in [4.69, 9.17) is 16.3 Å². The third-order valence-electron chi connectivity index (χ3n) is 3.70. The molecule has 3 aromatic rings. The van der Waals surface area contributed by atoms with Crippen molar-refractivity contribution in [2.75, 3.05) is 0 Å². The summed E-state index contributed by atoms with van der Waals surface area (Å²) in [6, 6.07) is 12.8. The molecule has 0 N–H and O–H groups in total. The first kappa shape index (κ1) is 16.9. The lowest BCUT2D eigenvalue weighted by Gasteiger charge is -2.08. The van der Waals surface area contributed by atoms with Crippen molar-refractivity contribution in [3.63, 3.8) is 0 Å². The second-order valence-electron chi connectivity index (χ2n) is 5.46. The molecular formula is C18H13ClN2O4. The lowest BCUT2D eigenvalue weighted by molar-refractivity contribution is -0.384. The average Bonchev–Trinajstić information content (AvgIpc) is 2.59. The molecule has 0 unspecified atom stereocenters. The zero-order chi connectivity index (χ0) is 18.0. The number of rotatable bonds is 4. The van der Waals surface area contributed by atoms with Crippen LogP contribution in [0.5, 0.6) is 0 Å². The molecule has 25 heavy (non-hydrogen) atoms. The highest BCUT2D eigenvalue weighted by Gasteiger charge is 2.14. The van der Waals surface area contributed by atoms with Crippen molar-refractivity contribution in [1.29, 1.82) is 0 Å². The van der Waals surface area contributed by atoms with Gasteiger partial charge in [-0.1, -0.05) is 11.6 Å². The molecule has 1 heterocycles. The topological polar surface area (TPSA) is 82.3 Å². The third-order valence-corrected chi connectivity index (χ3v) is 3.94. The maximum absolute atomic E-state index is 12.3. The standard InChI is InChI=1S/C18H13ClN2O4/c1-11-16(9-13-8-14(19)4-7-17(13)20-11)18(22)25-10-12-2-5-15(6-3-12)21(23)24/h2-9H,10H2,1H3. The molecule has 0 fully saturated rings. The molecule has 0 radical (unpaired) electrons. The second-order valence-corrected chi connectivity index (χ2v) is 5.89. The summed E-state index contributed by atoms with van der Waals surface area (Å²) in [7, 11) is 0. The first-order valence-electron chi connectivity index (χ1n) is 7.41. The minimum atomic E-state index is -0.509. The Morgan fingerprint density at radius 3 is 2.60 bits per heavy atom. The number of aryl methyl sites for hydroxylation is 1. The van der Waals surface area contributed by atoms with E-state index in [9.17, 15) is 14.9 Å². The summed E-state index contributed by atoms with van der Waals surface area (Å²) in [6.07, 6.45) is 0. The lowest BCUT2D eigenvalue weighted by Crippen LogP contribution is -2.08. The number of ether oxygens (including phenoxy) is 1. The van der Waals surface area contributed by atoms with Gasteiger partial charge in [0.25, 0.3) is 5.69 Å². The molecule has 0 atom stereocenters. The average molecular weight is 357 g/mol. The van der Waals surface area contributed by atoms with E-state index in [0.717, 1.165) is 10.9 Å². The Kier molecular flexibility index (Phi) is 4.63. The van der Waals surface area contributed by atoms with Gasteiger partial charge in [-0.3, -0.25) is 15.1 Å². The first-order valence-corrected chi connectivity index (χ1v) is 7.79. The van der Waals surface area contributed by atoms with Crippen LogP contribution in [0.4, 0.5) is 5.69 Å². The number of carbonyl (C=O) groups is 1. The number of halogens is 1. The van der Waals surface area contributed by atoms with E-state index in [1.165, 1.54) is 12.1 Å². The number of hydrogen-bond donors (Lipinski definition) is 0. The Balaban J connectivity index is 1.77. The van der Waals surface area contributed by atoms with E-state index < -0.39 is 10.9 Å². The molecule has 126 valence electrons. The molecule has 3 rings (SSSR count). The minimum absolute atomic E-state index is 0.0125. The van der Waals surface area contributed by atoms with E-state index in [1.807, 2.05) is 0 Å². The SMILES string of the molecule is Cc1nc2ccc(Cl)cc2cc1C(=O)OCc1ccc([N+](=O)[O-])cc1. The number of nitrogens with zero attached hydrogens (tertiary/aromatic N) is 2. The molecule has 1 aromatic heterocycles. The first-order chi connectivity index (χ1) is 11.9. The molecule has 0 spiro atoms. The summed E-state index contributed by atoms with van der Waals surface area (Å²) in [4.78, 5) is 26.9. The van der Waals surface area contributed by atoms with Gasteiger partial charge in [0.2, 0.25) is 0 Å². The van der Waals surface area contributed by atoms with Crippen LogP contribution in [0.1, 0.15) is 21.6 Å². The van der Waals surface area contributed by atoms with Crippen molar-refractivity contribution in [2.24, 2.45) is 0 Å². The maximum Gasteiger partial charge on any atom is 0.340 e. The van der Waals surface area contributed by atoms with Crippen LogP contribution in [0.2, 0.25) is 5.02 Å². The number of nitro groups is 1. The predicted octanol–water partition coefficient (Wildman–Crippen LogP) is 4.46. The highest BCUT2D eigenvalue weighted by atomic mass is 35.5. The van der Waals surface area contributed by atoms with Gasteiger partial charge in [0.05, 0.1) is 21.7 Å². The number of hydrogen-bond acceptors (Lipinski definition) is 5. The zero-order valence-electron chi connectivity index (χ0n) is 13.2. The Bertz CT molecular complexity index is 971. The molecule has 6 nitrogen and oxygen atoms in total. The van der Waals surface area contributed by atoms with E-state index in [0.29, 0.717) is 21.8 Å². The van der Waals surface area contributed by atoms with Crippen LogP contribution in [0.15, 0.2) is 48.5 Å². The van der Waals surface area contributed by atoms with Crippen LogP contribution in [-0.2, 0) is 11.3 Å². The summed E-state index contributed by atoms with van der Waals surface area (Å²) in [5.41, 5.74) is 2.31. The molecule has 7 heteroatoms. The van der Waals surface area contributed by atoms with Gasteiger partial charge in [-0.25, -0.2) is 4.79 Å². The second kappa shape index (κ2) is 6.86. The van der Waals surface area contributed by atoms with Crippen molar-refractivity contribution in [3.8, 4) is 0 Å². The smallest absolute Gasteiger partial charge is 0.340 e. The normalized spacial score (nSPS) is 10.6. The summed E-state index contributed by atoms with van der Waals surface area (Å²) >= 11 is 5.97. The van der Waals surface area contributed by atoms with Gasteiger partial charge in [-0.2, -0.15) is 0 Å². The fourth-order valence-corrected chi connectivity index (χ4v) is 2.57. The van der Waals surface area contributed by atoms with Gasteiger partial charge >= 0.3 is 5.97 Å². The van der Waals surface area contributed by atoms with Crippen molar-refractivity contribution in [3.05, 3.63) is 80.5 Å². The number of pyridine rings is 1. The Morgan fingerprint density at radius 1 is 1.20 bits per heavy atom. The van der Waals surface area contributed by atoms with Crippen molar-refractivity contribution < 1.29 is 14.5 Å². The molecule has 0 amide bonds. The summed E-state index contributed by atoms with van der Waals surface area (Å²) < 4.78 is 5.29. The molecule has 0 aliphatic rings. The summed E-state index contributed by atoms with van der Waals surface area (Å²) in [5, 5.41) is 11.9. The van der Waals surface area contributed by atoms with Crippen LogP contribution in [-0.4, -0.2) is 15.9 Å². The molecule has 2 aromatic carbocycles. The summed E-state index contributed by atoms with van der Waals surface area (Å²) in [6.45, 7) is 1.75. The van der Waals surface area contributed by atoms with Crippen molar-refractivity contribution in [1.82, 2.24) is 4.98 Å². The van der Waals surface area contributed by atoms with E-state index in [2.05, 4.69) is 4.98 Å². The number of aromatic nitrogens is 1. The summed E-state index contributed by atoms with van der Waals surface area (Å²) in [5.74, 6) is -0.509. The monoisotopic (exact) mass is 356 g/mol. The number of benzene rings is 2. The number of non-ortho nitro benzene ring substituents is 1. The highest BCUT2D eigenvalue weighted by molar-refractivity contribution is 6.31. The largest absolute Gasteiger partial charge is 0.457 e. The Labute approximate surface area is 148 Å². The van der Waals surface area contributed by atoms with Gasteiger partial charge in [0, 0.05) is 22.5 Å². The van der Waals surface area contributed by atoms with Gasteiger partial charge in [-0.05, 0) is 48.9 Å². The molecular weight excluding hydrogens is 344 g/mol. The van der Waals surface area contributed by atoms with Crippen LogP contribution in [0.25, 0.3) is 10.9 Å². The fraction of sp³-hybridized carbons (Fsp3) is 0.111.